The number of hydrogen-bond donors (Lipinski definition) is 1. The second-order valence-electron chi connectivity index (χ2n) is 9.58. The van der Waals surface area contributed by atoms with Crippen LogP contribution in [0.15, 0.2) is 15.9 Å². The van der Waals surface area contributed by atoms with E-state index in [1.54, 1.807) is 10.9 Å². The second-order valence-corrected chi connectivity index (χ2v) is 9.58. The van der Waals surface area contributed by atoms with Crippen molar-refractivity contribution in [3.8, 4) is 0 Å². The fourth-order valence-electron chi connectivity index (χ4n) is 4.37. The number of imidazole rings is 1. The second kappa shape index (κ2) is 9.18. The predicted octanol–water partition coefficient (Wildman–Crippen LogP) is 2.37. The van der Waals surface area contributed by atoms with Crippen LogP contribution in [0.25, 0.3) is 11.2 Å². The van der Waals surface area contributed by atoms with E-state index >= 15 is 0 Å². The number of carbonyl (C=O) groups is 1. The fourth-order valence-corrected chi connectivity index (χ4v) is 4.37. The Labute approximate surface area is 177 Å². The van der Waals surface area contributed by atoms with Gasteiger partial charge in [-0.15, -0.1) is 0 Å². The topological polar surface area (TPSA) is 90.9 Å². The number of nitrogens with zero attached hydrogens (tertiary/aromatic N) is 4. The third kappa shape index (κ3) is 4.68. The van der Waals surface area contributed by atoms with Crippen LogP contribution in [0.5, 0.6) is 0 Å². The molecule has 30 heavy (non-hydrogen) atoms. The zero-order valence-corrected chi connectivity index (χ0v) is 18.9. The molecule has 1 N–H and O–H groups in total. The van der Waals surface area contributed by atoms with Crippen LogP contribution in [-0.2, 0) is 24.4 Å². The van der Waals surface area contributed by atoms with Gasteiger partial charge in [0.1, 0.15) is 6.54 Å². The molecule has 0 bridgehead atoms. The lowest BCUT2D eigenvalue weighted by Gasteiger charge is -2.29. The molecule has 1 aliphatic rings. The number of nitrogens with one attached hydrogen (secondary N) is 1. The van der Waals surface area contributed by atoms with Gasteiger partial charge in [-0.3, -0.25) is 14.2 Å². The Morgan fingerprint density at radius 2 is 1.77 bits per heavy atom. The maximum Gasteiger partial charge on any atom is 0.333 e. The highest BCUT2D eigenvalue weighted by molar-refractivity contribution is 5.77. The van der Waals surface area contributed by atoms with Crippen molar-refractivity contribution in [1.82, 2.24) is 24.0 Å². The van der Waals surface area contributed by atoms with Crippen molar-refractivity contribution in [3.05, 3.63) is 27.2 Å². The van der Waals surface area contributed by atoms with E-state index in [-0.39, 0.29) is 24.4 Å². The number of hydrogen-bond acceptors (Lipinski definition) is 4. The number of amides is 1. The van der Waals surface area contributed by atoms with Gasteiger partial charge in [0.2, 0.25) is 5.91 Å². The van der Waals surface area contributed by atoms with Gasteiger partial charge in [-0.05, 0) is 30.6 Å². The van der Waals surface area contributed by atoms with Gasteiger partial charge in [-0.25, -0.2) is 14.3 Å². The van der Waals surface area contributed by atoms with Crippen molar-refractivity contribution in [1.29, 1.82) is 0 Å². The summed E-state index contributed by atoms with van der Waals surface area (Å²) in [7, 11) is 0. The van der Waals surface area contributed by atoms with Crippen LogP contribution in [0.1, 0.15) is 60.3 Å². The molecule has 0 aromatic carbocycles. The highest BCUT2D eigenvalue weighted by atomic mass is 16.2. The Bertz CT molecular complexity index is 1010. The summed E-state index contributed by atoms with van der Waals surface area (Å²) >= 11 is 0. The van der Waals surface area contributed by atoms with Crippen LogP contribution in [0.4, 0.5) is 0 Å². The smallest absolute Gasteiger partial charge is 0.333 e. The molecular weight excluding hydrogens is 382 g/mol. The molecule has 3 rings (SSSR count). The molecular formula is C22H35N5O3. The van der Waals surface area contributed by atoms with Crippen molar-refractivity contribution >= 4 is 17.1 Å². The summed E-state index contributed by atoms with van der Waals surface area (Å²) < 4.78 is 4.41. The lowest BCUT2D eigenvalue weighted by molar-refractivity contribution is -0.123. The fraction of sp³-hybridized carbons (Fsp3) is 0.727. The summed E-state index contributed by atoms with van der Waals surface area (Å²) in [6.07, 6.45) is 5.93. The van der Waals surface area contributed by atoms with Crippen molar-refractivity contribution < 1.29 is 4.79 Å². The summed E-state index contributed by atoms with van der Waals surface area (Å²) in [6, 6.07) is 0.107. The Morgan fingerprint density at radius 3 is 2.40 bits per heavy atom. The zero-order valence-electron chi connectivity index (χ0n) is 18.9. The van der Waals surface area contributed by atoms with Crippen molar-refractivity contribution in [2.24, 2.45) is 17.8 Å². The molecule has 0 radical (unpaired) electrons. The maximum atomic E-state index is 13.3. The third-order valence-corrected chi connectivity index (χ3v) is 5.85. The Morgan fingerprint density at radius 1 is 1.10 bits per heavy atom. The van der Waals surface area contributed by atoms with Gasteiger partial charge in [-0.2, -0.15) is 0 Å². The van der Waals surface area contributed by atoms with E-state index in [1.165, 1.54) is 11.0 Å². The van der Waals surface area contributed by atoms with Crippen LogP contribution in [0.3, 0.4) is 0 Å². The standard InChI is InChI=1S/C22H35N5O3/c1-14(2)10-25-13-23-20-19(25)21(29)27(22(30)26(20)11-15(3)4)12-18(28)24-17-9-7-6-8-16(17)5/h13-17H,6-12H2,1-5H3,(H,24,28)/t16-,17+/m1/s1. The van der Waals surface area contributed by atoms with Gasteiger partial charge >= 0.3 is 5.69 Å². The van der Waals surface area contributed by atoms with E-state index in [4.69, 9.17) is 0 Å². The predicted molar refractivity (Wildman–Crippen MR) is 117 cm³/mol. The quantitative estimate of drug-likeness (QED) is 0.749. The molecule has 1 fully saturated rings. The van der Waals surface area contributed by atoms with Gasteiger partial charge < -0.3 is 9.88 Å². The molecule has 8 nitrogen and oxygen atoms in total. The average molecular weight is 418 g/mol. The SMILES string of the molecule is CC(C)Cn1cnc2c1c(=O)n(CC(=O)N[C@H]1CCCC[C@H]1C)c(=O)n2CC(C)C. The molecule has 1 amide bonds. The molecule has 2 aromatic rings. The maximum absolute atomic E-state index is 13.3. The van der Waals surface area contributed by atoms with Gasteiger partial charge in [0.05, 0.1) is 6.33 Å². The molecule has 0 saturated heterocycles. The van der Waals surface area contributed by atoms with Crippen LogP contribution >= 0.6 is 0 Å². The summed E-state index contributed by atoms with van der Waals surface area (Å²) in [5.74, 6) is 0.645. The zero-order chi connectivity index (χ0) is 22.0. The average Bonchev–Trinajstić information content (AvgIpc) is 3.07. The van der Waals surface area contributed by atoms with Crippen LogP contribution < -0.4 is 16.6 Å². The molecule has 2 atom stereocenters. The Kier molecular flexibility index (Phi) is 6.83. The minimum absolute atomic E-state index is 0.107. The normalized spacial score (nSPS) is 19.7. The molecule has 1 saturated carbocycles. The van der Waals surface area contributed by atoms with Gasteiger partial charge in [0, 0.05) is 19.1 Å². The lowest BCUT2D eigenvalue weighted by Crippen LogP contribution is -2.48. The summed E-state index contributed by atoms with van der Waals surface area (Å²) in [4.78, 5) is 43.6. The van der Waals surface area contributed by atoms with Gasteiger partial charge in [-0.1, -0.05) is 47.5 Å². The number of carbonyl (C=O) groups excluding carboxylic acids is 1. The molecule has 0 aliphatic heterocycles. The summed E-state index contributed by atoms with van der Waals surface area (Å²) in [5.41, 5.74) is -0.123. The van der Waals surface area contributed by atoms with E-state index in [2.05, 4.69) is 31.1 Å². The molecule has 166 valence electrons. The molecule has 1 aliphatic carbocycles. The van der Waals surface area contributed by atoms with Crippen molar-refractivity contribution in [2.45, 2.75) is 86.0 Å². The van der Waals surface area contributed by atoms with E-state index in [9.17, 15) is 14.4 Å². The van der Waals surface area contributed by atoms with Crippen LogP contribution in [0, 0.1) is 17.8 Å². The van der Waals surface area contributed by atoms with E-state index in [1.807, 2.05) is 13.8 Å². The molecule has 2 heterocycles. The highest BCUT2D eigenvalue weighted by Crippen LogP contribution is 2.23. The van der Waals surface area contributed by atoms with Gasteiger partial charge in [0.25, 0.3) is 5.56 Å². The molecule has 8 heteroatoms. The van der Waals surface area contributed by atoms with Gasteiger partial charge in [0.15, 0.2) is 11.2 Å². The van der Waals surface area contributed by atoms with E-state index < -0.39 is 11.2 Å². The van der Waals surface area contributed by atoms with Crippen LogP contribution in [0.2, 0.25) is 0 Å². The molecule has 0 unspecified atom stereocenters. The first-order valence-corrected chi connectivity index (χ1v) is 11.2. The first kappa shape index (κ1) is 22.3. The molecule has 2 aromatic heterocycles. The highest BCUT2D eigenvalue weighted by Gasteiger charge is 2.25. The number of fused-ring (bicyclic) bond motifs is 1. The van der Waals surface area contributed by atoms with Crippen molar-refractivity contribution in [2.75, 3.05) is 0 Å². The van der Waals surface area contributed by atoms with E-state index in [0.29, 0.717) is 36.1 Å². The molecule has 0 spiro atoms. The minimum Gasteiger partial charge on any atom is -0.352 e. The lowest BCUT2D eigenvalue weighted by atomic mass is 9.86. The van der Waals surface area contributed by atoms with E-state index in [0.717, 1.165) is 23.8 Å². The number of aromatic nitrogens is 4. The summed E-state index contributed by atoms with van der Waals surface area (Å²) in [6.45, 7) is 11.1. The number of rotatable bonds is 7. The van der Waals surface area contributed by atoms with Crippen molar-refractivity contribution in [3.63, 3.8) is 0 Å². The first-order valence-electron chi connectivity index (χ1n) is 11.2. The summed E-state index contributed by atoms with van der Waals surface area (Å²) in [5, 5.41) is 3.05. The minimum atomic E-state index is -0.470. The third-order valence-electron chi connectivity index (χ3n) is 5.85. The largest absolute Gasteiger partial charge is 0.352 e. The Balaban J connectivity index is 2.01. The monoisotopic (exact) mass is 417 g/mol. The first-order chi connectivity index (χ1) is 14.2. The van der Waals surface area contributed by atoms with Crippen LogP contribution in [-0.4, -0.2) is 30.6 Å². The Hall–Kier alpha value is -2.38.